The van der Waals surface area contributed by atoms with Gasteiger partial charge in [0.2, 0.25) is 0 Å². The van der Waals surface area contributed by atoms with Crippen LogP contribution < -0.4 is 15.7 Å². The quantitative estimate of drug-likeness (QED) is 0.752. The molecule has 0 atom stereocenters. The molecule has 2 aromatic carbocycles. The minimum Gasteiger partial charge on any atom is -0.489 e. The van der Waals surface area contributed by atoms with Crippen LogP contribution in [0.25, 0.3) is 0 Å². The molecule has 116 valence electrons. The predicted octanol–water partition coefficient (Wildman–Crippen LogP) is 3.14. The number of halogens is 1. The fourth-order valence-corrected chi connectivity index (χ4v) is 2.03. The number of anilines is 2. The van der Waals surface area contributed by atoms with Gasteiger partial charge in [0.15, 0.2) is 5.82 Å². The molecule has 0 aliphatic carbocycles. The zero-order valence-electron chi connectivity index (χ0n) is 12.0. The predicted molar refractivity (Wildman–Crippen MR) is 88.2 cm³/mol. The number of nitrogens with one attached hydrogen (secondary N) is 2. The van der Waals surface area contributed by atoms with Crippen LogP contribution >= 0.6 is 11.6 Å². The van der Waals surface area contributed by atoms with Crippen molar-refractivity contribution in [3.63, 3.8) is 0 Å². The molecule has 0 fully saturated rings. The first-order valence-corrected chi connectivity index (χ1v) is 7.23. The van der Waals surface area contributed by atoms with Crippen LogP contribution in [0.4, 0.5) is 11.5 Å². The third kappa shape index (κ3) is 4.31. The Kier molecular flexibility index (Phi) is 4.54. The highest BCUT2D eigenvalue weighted by molar-refractivity contribution is 6.30. The molecular weight excluding hydrogens is 316 g/mol. The van der Waals surface area contributed by atoms with Crippen molar-refractivity contribution in [2.45, 2.75) is 6.61 Å². The molecule has 0 unspecified atom stereocenters. The van der Waals surface area contributed by atoms with E-state index in [1.807, 2.05) is 48.5 Å². The Labute approximate surface area is 137 Å². The number of H-pyrrole nitrogens is 1. The van der Waals surface area contributed by atoms with E-state index < -0.39 is 5.69 Å². The number of hydrogen-bond donors (Lipinski definition) is 2. The molecule has 0 radical (unpaired) electrons. The van der Waals surface area contributed by atoms with E-state index in [9.17, 15) is 4.79 Å². The van der Waals surface area contributed by atoms with Crippen LogP contribution in [0.15, 0.2) is 59.5 Å². The first kappa shape index (κ1) is 15.1. The summed E-state index contributed by atoms with van der Waals surface area (Å²) in [5, 5.41) is 9.58. The monoisotopic (exact) mass is 328 g/mol. The van der Waals surface area contributed by atoms with Crippen LogP contribution in [-0.2, 0) is 6.61 Å². The highest BCUT2D eigenvalue weighted by Gasteiger charge is 2.00. The Morgan fingerprint density at radius 1 is 1.09 bits per heavy atom. The largest absolute Gasteiger partial charge is 0.489 e. The average Bonchev–Trinajstić information content (AvgIpc) is 2.56. The lowest BCUT2D eigenvalue weighted by atomic mass is 10.2. The fraction of sp³-hybridized carbons (Fsp3) is 0.0625. The maximum atomic E-state index is 11.1. The van der Waals surface area contributed by atoms with Crippen LogP contribution in [0, 0.1) is 0 Å². The summed E-state index contributed by atoms with van der Waals surface area (Å²) >= 11 is 5.84. The molecule has 0 amide bonds. The van der Waals surface area contributed by atoms with Gasteiger partial charge in [-0.3, -0.25) is 0 Å². The van der Waals surface area contributed by atoms with Crippen molar-refractivity contribution in [3.8, 4) is 5.75 Å². The summed E-state index contributed by atoms with van der Waals surface area (Å²) in [7, 11) is 0. The second kappa shape index (κ2) is 6.93. The molecule has 0 aliphatic heterocycles. The van der Waals surface area contributed by atoms with Gasteiger partial charge in [0, 0.05) is 10.7 Å². The Balaban J connectivity index is 1.60. The normalized spacial score (nSPS) is 10.3. The minimum atomic E-state index is -0.502. The van der Waals surface area contributed by atoms with Crippen LogP contribution in [0.3, 0.4) is 0 Å². The van der Waals surface area contributed by atoms with Crippen molar-refractivity contribution in [1.82, 2.24) is 15.2 Å². The summed E-state index contributed by atoms with van der Waals surface area (Å²) in [6.45, 7) is 0.462. The van der Waals surface area contributed by atoms with Crippen molar-refractivity contribution in [3.05, 3.63) is 75.8 Å². The first-order valence-electron chi connectivity index (χ1n) is 6.85. The summed E-state index contributed by atoms with van der Waals surface area (Å²) in [5.41, 5.74) is 1.32. The van der Waals surface area contributed by atoms with Gasteiger partial charge in [-0.25, -0.2) is 9.89 Å². The van der Waals surface area contributed by atoms with E-state index in [4.69, 9.17) is 16.3 Å². The Morgan fingerprint density at radius 3 is 2.52 bits per heavy atom. The van der Waals surface area contributed by atoms with Gasteiger partial charge in [0.1, 0.15) is 12.4 Å². The highest BCUT2D eigenvalue weighted by atomic mass is 35.5. The van der Waals surface area contributed by atoms with Gasteiger partial charge < -0.3 is 10.1 Å². The summed E-state index contributed by atoms with van der Waals surface area (Å²) in [5.74, 6) is 1.12. The second-order valence-corrected chi connectivity index (χ2v) is 5.17. The van der Waals surface area contributed by atoms with E-state index >= 15 is 0 Å². The molecule has 6 nitrogen and oxygen atoms in total. The van der Waals surface area contributed by atoms with E-state index in [-0.39, 0.29) is 0 Å². The van der Waals surface area contributed by atoms with E-state index in [0.717, 1.165) is 17.0 Å². The van der Waals surface area contributed by atoms with Gasteiger partial charge in [0.25, 0.3) is 0 Å². The molecule has 2 N–H and O–H groups in total. The van der Waals surface area contributed by atoms with Crippen LogP contribution in [-0.4, -0.2) is 15.2 Å². The van der Waals surface area contributed by atoms with Gasteiger partial charge in [-0.1, -0.05) is 23.7 Å². The SMILES string of the molecule is O=c1nc(Nc2ccc(OCc3ccc(Cl)cc3)cc2)cn[nH]1. The zero-order valence-corrected chi connectivity index (χ0v) is 12.7. The lowest BCUT2D eigenvalue weighted by Crippen LogP contribution is -2.13. The molecule has 0 spiro atoms. The zero-order chi connectivity index (χ0) is 16.1. The molecule has 1 aromatic heterocycles. The number of nitrogens with zero attached hydrogens (tertiary/aromatic N) is 2. The van der Waals surface area contributed by atoms with Crippen LogP contribution in [0.1, 0.15) is 5.56 Å². The van der Waals surface area contributed by atoms with Gasteiger partial charge >= 0.3 is 5.69 Å². The Bertz CT molecular complexity index is 832. The summed E-state index contributed by atoms with van der Waals surface area (Å²) in [4.78, 5) is 14.8. The molecule has 3 aromatic rings. The van der Waals surface area contributed by atoms with Gasteiger partial charge in [-0.2, -0.15) is 10.1 Å². The van der Waals surface area contributed by atoms with Crippen molar-refractivity contribution in [2.75, 3.05) is 5.32 Å². The molecule has 1 heterocycles. The molecule has 7 heteroatoms. The molecule has 0 saturated carbocycles. The van der Waals surface area contributed by atoms with Crippen molar-refractivity contribution < 1.29 is 4.74 Å². The van der Waals surface area contributed by atoms with E-state index in [1.54, 1.807) is 0 Å². The Hall–Kier alpha value is -2.86. The lowest BCUT2D eigenvalue weighted by Gasteiger charge is -2.08. The summed E-state index contributed by atoms with van der Waals surface area (Å²) in [6.07, 6.45) is 1.44. The summed E-state index contributed by atoms with van der Waals surface area (Å²) in [6, 6.07) is 14.8. The molecule has 23 heavy (non-hydrogen) atoms. The maximum absolute atomic E-state index is 11.1. The van der Waals surface area contributed by atoms with E-state index in [2.05, 4.69) is 20.5 Å². The Morgan fingerprint density at radius 2 is 1.83 bits per heavy atom. The maximum Gasteiger partial charge on any atom is 0.363 e. The van der Waals surface area contributed by atoms with Crippen LogP contribution in [0.5, 0.6) is 5.75 Å². The fourth-order valence-electron chi connectivity index (χ4n) is 1.90. The van der Waals surface area contributed by atoms with Crippen molar-refractivity contribution in [1.29, 1.82) is 0 Å². The van der Waals surface area contributed by atoms with E-state index in [1.165, 1.54) is 6.20 Å². The average molecular weight is 329 g/mol. The number of aromatic nitrogens is 3. The minimum absolute atomic E-state index is 0.378. The second-order valence-electron chi connectivity index (χ2n) is 4.74. The lowest BCUT2D eigenvalue weighted by molar-refractivity contribution is 0.306. The number of hydrogen-bond acceptors (Lipinski definition) is 5. The third-order valence-electron chi connectivity index (χ3n) is 3.01. The number of benzene rings is 2. The summed E-state index contributed by atoms with van der Waals surface area (Å²) < 4.78 is 5.70. The third-order valence-corrected chi connectivity index (χ3v) is 3.27. The number of ether oxygens (including phenoxy) is 1. The van der Waals surface area contributed by atoms with Crippen LogP contribution in [0.2, 0.25) is 5.02 Å². The highest BCUT2D eigenvalue weighted by Crippen LogP contribution is 2.19. The van der Waals surface area contributed by atoms with Gasteiger partial charge in [0.05, 0.1) is 6.20 Å². The molecule has 0 aliphatic rings. The molecule has 0 saturated heterocycles. The molecular formula is C16H13ClN4O2. The number of aromatic amines is 1. The molecule has 3 rings (SSSR count). The smallest absolute Gasteiger partial charge is 0.363 e. The number of rotatable bonds is 5. The topological polar surface area (TPSA) is 79.9 Å². The van der Waals surface area contributed by atoms with E-state index in [0.29, 0.717) is 17.4 Å². The van der Waals surface area contributed by atoms with Gasteiger partial charge in [-0.05, 0) is 42.0 Å². The standard InChI is InChI=1S/C16H13ClN4O2/c17-12-3-1-11(2-4-12)10-23-14-7-5-13(6-8-14)19-15-9-18-21-16(22)20-15/h1-9H,10H2,(H2,19,20,21,22). The molecule has 0 bridgehead atoms. The van der Waals surface area contributed by atoms with Gasteiger partial charge in [-0.15, -0.1) is 0 Å². The van der Waals surface area contributed by atoms with Crippen molar-refractivity contribution in [2.24, 2.45) is 0 Å². The first-order chi connectivity index (χ1) is 11.2. The van der Waals surface area contributed by atoms with Crippen molar-refractivity contribution >= 4 is 23.1 Å².